The second-order valence-corrected chi connectivity index (χ2v) is 3.71. The molecule has 0 aromatic heterocycles. The summed E-state index contributed by atoms with van der Waals surface area (Å²) in [6.45, 7) is 0.551. The average molecular weight is 225 g/mol. The molecule has 0 spiro atoms. The van der Waals surface area contributed by atoms with Crippen LogP contribution in [-0.2, 0) is 4.74 Å². The van der Waals surface area contributed by atoms with E-state index in [1.807, 2.05) is 0 Å². The van der Waals surface area contributed by atoms with E-state index in [2.05, 4.69) is 0 Å². The molecule has 16 heavy (non-hydrogen) atoms. The summed E-state index contributed by atoms with van der Waals surface area (Å²) < 4.78 is 32.2. The van der Waals surface area contributed by atoms with Crippen LogP contribution in [-0.4, -0.2) is 6.61 Å². The van der Waals surface area contributed by atoms with Gasteiger partial charge < -0.3 is 10.5 Å². The third-order valence-electron chi connectivity index (χ3n) is 2.58. The zero-order chi connectivity index (χ0) is 11.5. The third kappa shape index (κ3) is 2.07. The smallest absolute Gasteiger partial charge is 0.131 e. The lowest BCUT2D eigenvalue weighted by atomic mass is 10.0. The summed E-state index contributed by atoms with van der Waals surface area (Å²) in [7, 11) is 0. The Morgan fingerprint density at radius 3 is 2.50 bits per heavy atom. The van der Waals surface area contributed by atoms with E-state index in [-0.39, 0.29) is 5.56 Å². The van der Waals surface area contributed by atoms with E-state index >= 15 is 0 Å². The Labute approximate surface area is 92.7 Å². The predicted molar refractivity (Wildman–Crippen MR) is 56.6 cm³/mol. The molecule has 1 atom stereocenters. The molecule has 0 amide bonds. The Hall–Kier alpha value is -1.42. The van der Waals surface area contributed by atoms with Crippen LogP contribution in [0.15, 0.2) is 30.0 Å². The van der Waals surface area contributed by atoms with Gasteiger partial charge in [0.05, 0.1) is 12.6 Å². The minimum Gasteiger partial charge on any atom is -0.496 e. The molecule has 0 radical (unpaired) electrons. The fraction of sp³-hybridized carbons (Fsp3) is 0.333. The Bertz CT molecular complexity index is 397. The van der Waals surface area contributed by atoms with E-state index in [4.69, 9.17) is 10.5 Å². The van der Waals surface area contributed by atoms with Crippen LogP contribution in [0.5, 0.6) is 0 Å². The van der Waals surface area contributed by atoms with Gasteiger partial charge in [0.1, 0.15) is 17.4 Å². The van der Waals surface area contributed by atoms with Gasteiger partial charge in [-0.2, -0.15) is 0 Å². The first-order valence-corrected chi connectivity index (χ1v) is 5.22. The summed E-state index contributed by atoms with van der Waals surface area (Å²) in [5.41, 5.74) is 5.67. The molecule has 1 aliphatic heterocycles. The number of allylic oxidation sites excluding steroid dienone is 1. The van der Waals surface area contributed by atoms with Gasteiger partial charge in [-0.15, -0.1) is 0 Å². The van der Waals surface area contributed by atoms with Crippen LogP contribution in [0.25, 0.3) is 0 Å². The van der Waals surface area contributed by atoms with E-state index < -0.39 is 17.7 Å². The number of nitrogens with two attached hydrogens (primary N) is 1. The predicted octanol–water partition coefficient (Wildman–Crippen LogP) is 2.66. The maximum atomic E-state index is 13.5. The second kappa shape index (κ2) is 4.61. The molecule has 86 valence electrons. The molecule has 1 aromatic rings. The molecule has 0 aliphatic carbocycles. The molecule has 0 saturated heterocycles. The molecule has 2 N–H and O–H groups in total. The van der Waals surface area contributed by atoms with Gasteiger partial charge in [-0.25, -0.2) is 8.78 Å². The first kappa shape index (κ1) is 11.1. The third-order valence-corrected chi connectivity index (χ3v) is 2.58. The zero-order valence-electron chi connectivity index (χ0n) is 8.75. The van der Waals surface area contributed by atoms with Gasteiger partial charge in [-0.1, -0.05) is 6.07 Å². The summed E-state index contributed by atoms with van der Waals surface area (Å²) in [6, 6.07) is 2.85. The Kier molecular flexibility index (Phi) is 3.19. The van der Waals surface area contributed by atoms with Crippen molar-refractivity contribution in [2.24, 2.45) is 5.73 Å². The average Bonchev–Trinajstić information content (AvgIpc) is 2.30. The van der Waals surface area contributed by atoms with E-state index in [0.29, 0.717) is 12.4 Å². The highest BCUT2D eigenvalue weighted by molar-refractivity contribution is 5.28. The van der Waals surface area contributed by atoms with E-state index in [9.17, 15) is 8.78 Å². The van der Waals surface area contributed by atoms with Crippen LogP contribution in [0.3, 0.4) is 0 Å². The van der Waals surface area contributed by atoms with Crippen LogP contribution in [0.2, 0.25) is 0 Å². The van der Waals surface area contributed by atoms with Crippen LogP contribution >= 0.6 is 0 Å². The first-order chi connectivity index (χ1) is 7.70. The first-order valence-electron chi connectivity index (χ1n) is 5.22. The summed E-state index contributed by atoms with van der Waals surface area (Å²) >= 11 is 0. The molecular weight excluding hydrogens is 212 g/mol. The minimum atomic E-state index is -0.860. The maximum absolute atomic E-state index is 13.5. The highest BCUT2D eigenvalue weighted by Crippen LogP contribution is 2.27. The number of rotatable bonds is 2. The monoisotopic (exact) mass is 225 g/mol. The lowest BCUT2D eigenvalue weighted by Gasteiger charge is -2.21. The van der Waals surface area contributed by atoms with Gasteiger partial charge in [0.2, 0.25) is 0 Å². The van der Waals surface area contributed by atoms with Crippen molar-refractivity contribution in [1.82, 2.24) is 0 Å². The standard InChI is InChI=1S/C12H13F2NO/c13-8-4-3-5-9(14)11(8)12(15)10-6-1-2-7-16-10/h3-6,12H,1-2,7,15H2. The second-order valence-electron chi connectivity index (χ2n) is 3.71. The van der Waals surface area contributed by atoms with Gasteiger partial charge in [0.15, 0.2) is 0 Å². The molecule has 1 heterocycles. The maximum Gasteiger partial charge on any atom is 0.131 e. The van der Waals surface area contributed by atoms with Crippen LogP contribution in [0.1, 0.15) is 24.4 Å². The van der Waals surface area contributed by atoms with Crippen LogP contribution in [0.4, 0.5) is 8.78 Å². The van der Waals surface area contributed by atoms with Crippen molar-refractivity contribution in [3.05, 3.63) is 47.2 Å². The summed E-state index contributed by atoms with van der Waals surface area (Å²) in [5.74, 6) is -0.819. The van der Waals surface area contributed by atoms with Gasteiger partial charge >= 0.3 is 0 Å². The highest BCUT2D eigenvalue weighted by atomic mass is 19.1. The van der Waals surface area contributed by atoms with Gasteiger partial charge in [0.25, 0.3) is 0 Å². The SMILES string of the molecule is NC(C1=CCCCO1)c1c(F)cccc1F. The van der Waals surface area contributed by atoms with Crippen molar-refractivity contribution in [3.63, 3.8) is 0 Å². The van der Waals surface area contributed by atoms with E-state index in [1.54, 1.807) is 6.08 Å². The van der Waals surface area contributed by atoms with Crippen LogP contribution < -0.4 is 5.73 Å². The van der Waals surface area contributed by atoms with Gasteiger partial charge in [-0.05, 0) is 31.1 Å². The molecular formula is C12H13F2NO. The molecule has 4 heteroatoms. The number of hydrogen-bond acceptors (Lipinski definition) is 2. The van der Waals surface area contributed by atoms with Crippen molar-refractivity contribution < 1.29 is 13.5 Å². The summed E-state index contributed by atoms with van der Waals surface area (Å²) in [4.78, 5) is 0. The molecule has 0 bridgehead atoms. The van der Waals surface area contributed by atoms with Gasteiger partial charge in [-0.3, -0.25) is 0 Å². The van der Waals surface area contributed by atoms with Crippen molar-refractivity contribution >= 4 is 0 Å². The lowest BCUT2D eigenvalue weighted by Crippen LogP contribution is -2.20. The van der Waals surface area contributed by atoms with Crippen molar-refractivity contribution in [1.29, 1.82) is 0 Å². The van der Waals surface area contributed by atoms with Gasteiger partial charge in [0, 0.05) is 5.56 Å². The van der Waals surface area contributed by atoms with Crippen molar-refractivity contribution in [2.75, 3.05) is 6.61 Å². The Morgan fingerprint density at radius 2 is 1.94 bits per heavy atom. The summed E-state index contributed by atoms with van der Waals surface area (Å²) in [6.07, 6.45) is 3.54. The lowest BCUT2D eigenvalue weighted by molar-refractivity contribution is 0.174. The molecule has 2 rings (SSSR count). The number of ether oxygens (including phenoxy) is 1. The van der Waals surface area contributed by atoms with Crippen molar-refractivity contribution in [3.8, 4) is 0 Å². The molecule has 1 aliphatic rings. The van der Waals surface area contributed by atoms with E-state index in [1.165, 1.54) is 18.2 Å². The summed E-state index contributed by atoms with van der Waals surface area (Å²) in [5, 5.41) is 0. The number of hydrogen-bond donors (Lipinski definition) is 1. The normalized spacial score (nSPS) is 17.6. The Balaban J connectivity index is 2.33. The fourth-order valence-corrected chi connectivity index (χ4v) is 1.74. The highest BCUT2D eigenvalue weighted by Gasteiger charge is 2.22. The fourth-order valence-electron chi connectivity index (χ4n) is 1.74. The quantitative estimate of drug-likeness (QED) is 0.839. The zero-order valence-corrected chi connectivity index (χ0v) is 8.75. The van der Waals surface area contributed by atoms with E-state index in [0.717, 1.165) is 12.8 Å². The van der Waals surface area contributed by atoms with Crippen molar-refractivity contribution in [2.45, 2.75) is 18.9 Å². The largest absolute Gasteiger partial charge is 0.496 e. The number of benzene rings is 1. The number of halogens is 2. The molecule has 2 nitrogen and oxygen atoms in total. The minimum absolute atomic E-state index is 0.129. The van der Waals surface area contributed by atoms with Crippen LogP contribution in [0, 0.1) is 11.6 Å². The molecule has 0 fully saturated rings. The topological polar surface area (TPSA) is 35.2 Å². The molecule has 0 saturated carbocycles. The Morgan fingerprint density at radius 1 is 1.25 bits per heavy atom. The molecule has 1 unspecified atom stereocenters. The molecule has 1 aromatic carbocycles.